The van der Waals surface area contributed by atoms with Crippen LogP contribution in [0.15, 0.2) is 0 Å². The van der Waals surface area contributed by atoms with Crippen LogP contribution in [0.25, 0.3) is 0 Å². The predicted molar refractivity (Wildman–Crippen MR) is 82.6 cm³/mol. The second-order valence-corrected chi connectivity index (χ2v) is 8.12. The van der Waals surface area contributed by atoms with Crippen LogP contribution in [-0.2, 0) is 10.0 Å². The molecule has 1 atom stereocenters. The SMILES string of the molecule is CCC1CCCCN1C(=O)NC1CCN(S(C)(=O)=O)CC1. The predicted octanol–water partition coefficient (Wildman–Crippen LogP) is 1.38. The van der Waals surface area contributed by atoms with Gasteiger partial charge in [0.05, 0.1) is 6.26 Å². The Hall–Kier alpha value is -0.820. The summed E-state index contributed by atoms with van der Waals surface area (Å²) in [5, 5.41) is 3.09. The fourth-order valence-electron chi connectivity index (χ4n) is 3.28. The first-order chi connectivity index (χ1) is 9.91. The van der Waals surface area contributed by atoms with Gasteiger partial charge in [0.2, 0.25) is 10.0 Å². The normalized spacial score (nSPS) is 25.8. The quantitative estimate of drug-likeness (QED) is 0.855. The summed E-state index contributed by atoms with van der Waals surface area (Å²) in [6, 6.07) is 0.476. The average Bonchev–Trinajstić information content (AvgIpc) is 2.46. The Bertz CT molecular complexity index is 458. The summed E-state index contributed by atoms with van der Waals surface area (Å²) in [6.45, 7) is 3.97. The van der Waals surface area contributed by atoms with Gasteiger partial charge in [0, 0.05) is 31.7 Å². The molecule has 2 amide bonds. The molecule has 2 heterocycles. The van der Waals surface area contributed by atoms with Crippen molar-refractivity contribution in [2.45, 2.75) is 57.5 Å². The van der Waals surface area contributed by atoms with Crippen molar-refractivity contribution in [1.82, 2.24) is 14.5 Å². The van der Waals surface area contributed by atoms with Gasteiger partial charge in [-0.15, -0.1) is 0 Å². The minimum absolute atomic E-state index is 0.0272. The molecule has 1 unspecified atom stereocenters. The molecule has 0 aromatic carbocycles. The highest BCUT2D eigenvalue weighted by Gasteiger charge is 2.29. The maximum absolute atomic E-state index is 12.4. The summed E-state index contributed by atoms with van der Waals surface area (Å²) >= 11 is 0. The lowest BCUT2D eigenvalue weighted by Gasteiger charge is -2.37. The second-order valence-electron chi connectivity index (χ2n) is 6.14. The number of amides is 2. The summed E-state index contributed by atoms with van der Waals surface area (Å²) in [4.78, 5) is 14.4. The molecule has 0 bridgehead atoms. The maximum atomic E-state index is 12.4. The number of urea groups is 1. The van der Waals surface area contributed by atoms with Gasteiger partial charge in [-0.3, -0.25) is 0 Å². The molecule has 2 aliphatic rings. The van der Waals surface area contributed by atoms with Gasteiger partial charge in [0.25, 0.3) is 0 Å². The standard InChI is InChI=1S/C14H27N3O3S/c1-3-13-6-4-5-9-17(13)14(18)15-12-7-10-16(11-8-12)21(2,19)20/h12-13H,3-11H2,1-2H3,(H,15,18). The van der Waals surface area contributed by atoms with E-state index in [4.69, 9.17) is 0 Å². The fourth-order valence-corrected chi connectivity index (χ4v) is 4.16. The van der Waals surface area contributed by atoms with E-state index in [1.54, 1.807) is 0 Å². The number of carbonyl (C=O) groups is 1. The van der Waals surface area contributed by atoms with Crippen molar-refractivity contribution < 1.29 is 13.2 Å². The molecule has 1 N–H and O–H groups in total. The van der Waals surface area contributed by atoms with Crippen LogP contribution in [0.1, 0.15) is 45.4 Å². The number of sulfonamides is 1. The lowest BCUT2D eigenvalue weighted by Crippen LogP contribution is -2.53. The number of likely N-dealkylation sites (tertiary alicyclic amines) is 1. The Labute approximate surface area is 127 Å². The van der Waals surface area contributed by atoms with Gasteiger partial charge in [-0.25, -0.2) is 17.5 Å². The summed E-state index contributed by atoms with van der Waals surface area (Å²) < 4.78 is 24.4. The maximum Gasteiger partial charge on any atom is 0.317 e. The van der Waals surface area contributed by atoms with Gasteiger partial charge in [-0.2, -0.15) is 0 Å². The number of rotatable bonds is 3. The summed E-state index contributed by atoms with van der Waals surface area (Å²) in [6.07, 6.45) is 7.01. The highest BCUT2D eigenvalue weighted by molar-refractivity contribution is 7.88. The molecule has 2 aliphatic heterocycles. The van der Waals surface area contributed by atoms with E-state index in [-0.39, 0.29) is 12.1 Å². The van der Waals surface area contributed by atoms with Crippen molar-refractivity contribution in [2.24, 2.45) is 0 Å². The third kappa shape index (κ3) is 4.32. The average molecular weight is 317 g/mol. The first-order valence-corrected chi connectivity index (χ1v) is 9.79. The van der Waals surface area contributed by atoms with Gasteiger partial charge in [-0.05, 0) is 38.5 Å². The zero-order valence-corrected chi connectivity index (χ0v) is 13.9. The van der Waals surface area contributed by atoms with Gasteiger partial charge in [-0.1, -0.05) is 6.92 Å². The zero-order chi connectivity index (χ0) is 15.5. The molecule has 122 valence electrons. The van der Waals surface area contributed by atoms with Crippen LogP contribution in [0.5, 0.6) is 0 Å². The molecule has 0 aromatic rings. The van der Waals surface area contributed by atoms with Crippen molar-refractivity contribution in [3.05, 3.63) is 0 Å². The van der Waals surface area contributed by atoms with E-state index in [0.717, 1.165) is 25.8 Å². The molecule has 21 heavy (non-hydrogen) atoms. The highest BCUT2D eigenvalue weighted by atomic mass is 32.2. The van der Waals surface area contributed by atoms with E-state index in [9.17, 15) is 13.2 Å². The zero-order valence-electron chi connectivity index (χ0n) is 13.0. The van der Waals surface area contributed by atoms with Crippen LogP contribution < -0.4 is 5.32 Å². The lowest BCUT2D eigenvalue weighted by molar-refractivity contribution is 0.142. The van der Waals surface area contributed by atoms with Crippen LogP contribution in [0.4, 0.5) is 4.79 Å². The van der Waals surface area contributed by atoms with Gasteiger partial charge in [0.1, 0.15) is 0 Å². The number of carbonyl (C=O) groups excluding carboxylic acids is 1. The van der Waals surface area contributed by atoms with Crippen LogP contribution in [0.2, 0.25) is 0 Å². The van der Waals surface area contributed by atoms with Crippen LogP contribution in [0, 0.1) is 0 Å². The van der Waals surface area contributed by atoms with Crippen molar-refractivity contribution >= 4 is 16.1 Å². The van der Waals surface area contributed by atoms with E-state index >= 15 is 0 Å². The first-order valence-electron chi connectivity index (χ1n) is 7.94. The largest absolute Gasteiger partial charge is 0.335 e. The molecule has 0 spiro atoms. The molecule has 0 radical (unpaired) electrons. The number of nitrogens with one attached hydrogen (secondary N) is 1. The Kier molecular flexibility index (Phi) is 5.48. The Morgan fingerprint density at radius 1 is 1.14 bits per heavy atom. The van der Waals surface area contributed by atoms with Crippen LogP contribution >= 0.6 is 0 Å². The third-order valence-corrected chi connectivity index (χ3v) is 5.91. The Balaban J connectivity index is 1.84. The third-order valence-electron chi connectivity index (χ3n) is 4.61. The highest BCUT2D eigenvalue weighted by Crippen LogP contribution is 2.20. The molecule has 0 aliphatic carbocycles. The minimum atomic E-state index is -3.10. The van der Waals surface area contributed by atoms with Gasteiger partial charge < -0.3 is 10.2 Å². The van der Waals surface area contributed by atoms with Crippen LogP contribution in [-0.4, -0.2) is 61.6 Å². The molecule has 0 aromatic heterocycles. The Morgan fingerprint density at radius 3 is 2.38 bits per heavy atom. The summed E-state index contributed by atoms with van der Waals surface area (Å²) in [7, 11) is -3.10. The summed E-state index contributed by atoms with van der Waals surface area (Å²) in [5.41, 5.74) is 0. The van der Waals surface area contributed by atoms with E-state index < -0.39 is 10.0 Å². The van der Waals surface area contributed by atoms with E-state index in [0.29, 0.717) is 32.0 Å². The van der Waals surface area contributed by atoms with E-state index in [1.165, 1.54) is 17.0 Å². The molecule has 2 fully saturated rings. The number of hydrogen-bond donors (Lipinski definition) is 1. The molecule has 2 saturated heterocycles. The van der Waals surface area contributed by atoms with E-state index in [2.05, 4.69) is 12.2 Å². The minimum Gasteiger partial charge on any atom is -0.335 e. The van der Waals surface area contributed by atoms with Gasteiger partial charge in [0.15, 0.2) is 0 Å². The van der Waals surface area contributed by atoms with Gasteiger partial charge >= 0.3 is 6.03 Å². The topological polar surface area (TPSA) is 69.7 Å². The molecule has 6 nitrogen and oxygen atoms in total. The van der Waals surface area contributed by atoms with Crippen molar-refractivity contribution in [3.63, 3.8) is 0 Å². The molecule has 2 rings (SSSR count). The first kappa shape index (κ1) is 16.5. The molecular weight excluding hydrogens is 290 g/mol. The van der Waals surface area contributed by atoms with Crippen molar-refractivity contribution in [1.29, 1.82) is 0 Å². The van der Waals surface area contributed by atoms with Crippen LogP contribution in [0.3, 0.4) is 0 Å². The smallest absolute Gasteiger partial charge is 0.317 e. The monoisotopic (exact) mass is 317 g/mol. The molecule has 0 saturated carbocycles. The summed E-state index contributed by atoms with van der Waals surface area (Å²) in [5.74, 6) is 0. The van der Waals surface area contributed by atoms with E-state index in [1.807, 2.05) is 4.90 Å². The number of nitrogens with zero attached hydrogens (tertiary/aromatic N) is 2. The number of hydrogen-bond acceptors (Lipinski definition) is 3. The fraction of sp³-hybridized carbons (Fsp3) is 0.929. The molecule has 7 heteroatoms. The number of piperidine rings is 2. The lowest BCUT2D eigenvalue weighted by atomic mass is 10.0. The van der Waals surface area contributed by atoms with Crippen molar-refractivity contribution in [2.75, 3.05) is 25.9 Å². The molecular formula is C14H27N3O3S. The van der Waals surface area contributed by atoms with Crippen molar-refractivity contribution in [3.8, 4) is 0 Å². The second kappa shape index (κ2) is 6.96. The Morgan fingerprint density at radius 2 is 1.81 bits per heavy atom.